The van der Waals surface area contributed by atoms with E-state index in [0.29, 0.717) is 0 Å². The summed E-state index contributed by atoms with van der Waals surface area (Å²) in [5.74, 6) is 0. The van der Waals surface area contributed by atoms with Gasteiger partial charge in [-0.2, -0.15) is 0 Å². The third-order valence-corrected chi connectivity index (χ3v) is 4.46. The molecule has 2 nitrogen and oxygen atoms in total. The molecule has 0 amide bonds. The van der Waals surface area contributed by atoms with Crippen LogP contribution in [-0.4, -0.2) is 18.3 Å². The van der Waals surface area contributed by atoms with Gasteiger partial charge >= 0.3 is 7.12 Å². The lowest BCUT2D eigenvalue weighted by Gasteiger charge is -2.32. The third kappa shape index (κ3) is 3.03. The van der Waals surface area contributed by atoms with Crippen LogP contribution in [0.4, 0.5) is 0 Å². The minimum Gasteiger partial charge on any atom is -0.403 e. The Morgan fingerprint density at radius 3 is 2.16 bits per heavy atom. The lowest BCUT2D eigenvalue weighted by molar-refractivity contribution is 0.00578. The van der Waals surface area contributed by atoms with E-state index in [0.717, 1.165) is 12.7 Å². The van der Waals surface area contributed by atoms with E-state index >= 15 is 0 Å². The van der Waals surface area contributed by atoms with Crippen molar-refractivity contribution < 1.29 is 9.31 Å². The molecule has 104 valence electrons. The molecule has 1 aliphatic heterocycles. The first-order chi connectivity index (χ1) is 8.71. The van der Waals surface area contributed by atoms with Gasteiger partial charge in [-0.05, 0) is 65.4 Å². The summed E-state index contributed by atoms with van der Waals surface area (Å²) in [6.07, 6.45) is 1.92. The fourth-order valence-corrected chi connectivity index (χ4v) is 2.43. The van der Waals surface area contributed by atoms with Crippen LogP contribution < -0.4 is 0 Å². The molecule has 0 saturated carbocycles. The van der Waals surface area contributed by atoms with Crippen molar-refractivity contribution >= 4 is 7.12 Å². The van der Waals surface area contributed by atoms with Crippen molar-refractivity contribution in [3.05, 3.63) is 34.9 Å². The Kier molecular flexibility index (Phi) is 3.81. The van der Waals surface area contributed by atoms with Crippen LogP contribution in [0.2, 0.25) is 6.32 Å². The molecule has 0 N–H and O–H groups in total. The van der Waals surface area contributed by atoms with Crippen molar-refractivity contribution in [2.45, 2.75) is 65.5 Å². The monoisotopic (exact) mass is 260 g/mol. The summed E-state index contributed by atoms with van der Waals surface area (Å²) in [7, 11) is -0.0927. The Morgan fingerprint density at radius 2 is 1.58 bits per heavy atom. The molecule has 1 saturated heterocycles. The topological polar surface area (TPSA) is 18.5 Å². The van der Waals surface area contributed by atoms with Gasteiger partial charge in [-0.3, -0.25) is 0 Å². The zero-order valence-electron chi connectivity index (χ0n) is 13.0. The van der Waals surface area contributed by atoms with Gasteiger partial charge in [0, 0.05) is 0 Å². The largest absolute Gasteiger partial charge is 0.458 e. The molecule has 1 aromatic carbocycles. The smallest absolute Gasteiger partial charge is 0.403 e. The lowest BCUT2D eigenvalue weighted by Crippen LogP contribution is -2.41. The molecular formula is C16H25BO2. The second-order valence-electron chi connectivity index (χ2n) is 6.65. The van der Waals surface area contributed by atoms with Gasteiger partial charge in [0.05, 0.1) is 11.2 Å². The molecule has 0 unspecified atom stereocenters. The van der Waals surface area contributed by atoms with Gasteiger partial charge in [-0.1, -0.05) is 23.8 Å². The first kappa shape index (κ1) is 14.6. The van der Waals surface area contributed by atoms with Crippen LogP contribution >= 0.6 is 0 Å². The van der Waals surface area contributed by atoms with E-state index in [1.54, 1.807) is 0 Å². The molecule has 3 heteroatoms. The van der Waals surface area contributed by atoms with Crippen molar-refractivity contribution in [1.29, 1.82) is 0 Å². The fourth-order valence-electron chi connectivity index (χ4n) is 2.43. The highest BCUT2D eigenvalue weighted by molar-refractivity contribution is 6.45. The van der Waals surface area contributed by atoms with E-state index in [1.807, 2.05) is 0 Å². The molecule has 19 heavy (non-hydrogen) atoms. The maximum Gasteiger partial charge on any atom is 0.458 e. The lowest BCUT2D eigenvalue weighted by atomic mass is 9.80. The summed E-state index contributed by atoms with van der Waals surface area (Å²) in [4.78, 5) is 0. The van der Waals surface area contributed by atoms with Crippen LogP contribution in [0.3, 0.4) is 0 Å². The number of rotatable bonds is 3. The van der Waals surface area contributed by atoms with Gasteiger partial charge in [0.1, 0.15) is 0 Å². The summed E-state index contributed by atoms with van der Waals surface area (Å²) in [5.41, 5.74) is 3.62. The van der Waals surface area contributed by atoms with Crippen LogP contribution in [-0.2, 0) is 15.7 Å². The number of aryl methyl sites for hydroxylation is 3. The number of hydrogen-bond donors (Lipinski definition) is 0. The first-order valence-corrected chi connectivity index (χ1v) is 7.13. The Hall–Kier alpha value is -0.795. The number of hydrogen-bond acceptors (Lipinski definition) is 2. The Morgan fingerprint density at radius 1 is 1.00 bits per heavy atom. The van der Waals surface area contributed by atoms with Crippen LogP contribution in [0.15, 0.2) is 18.2 Å². The van der Waals surface area contributed by atoms with Crippen LogP contribution in [0.5, 0.6) is 0 Å². The second-order valence-corrected chi connectivity index (χ2v) is 6.65. The van der Waals surface area contributed by atoms with Gasteiger partial charge in [0.15, 0.2) is 0 Å². The standard InChI is InChI=1S/C16H25BO2/c1-12-7-8-13(2)14(11-12)9-10-17-18-15(3,4)16(5,6)19-17/h7-8,11H,9-10H2,1-6H3. The molecule has 1 heterocycles. The average molecular weight is 260 g/mol. The normalized spacial score (nSPS) is 20.8. The van der Waals surface area contributed by atoms with Gasteiger partial charge in [-0.25, -0.2) is 0 Å². The Bertz CT molecular complexity index is 450. The SMILES string of the molecule is Cc1ccc(C)c(CCB2OC(C)(C)C(C)(C)O2)c1. The van der Waals surface area contributed by atoms with E-state index in [9.17, 15) is 0 Å². The van der Waals surface area contributed by atoms with Gasteiger partial charge in [-0.15, -0.1) is 0 Å². The predicted molar refractivity (Wildman–Crippen MR) is 80.5 cm³/mol. The van der Waals surface area contributed by atoms with Gasteiger partial charge in [0.25, 0.3) is 0 Å². The van der Waals surface area contributed by atoms with E-state index < -0.39 is 0 Å². The Labute approximate surface area is 117 Å². The van der Waals surface area contributed by atoms with Crippen molar-refractivity contribution in [3.8, 4) is 0 Å². The maximum atomic E-state index is 6.03. The van der Waals surface area contributed by atoms with Crippen molar-refractivity contribution in [3.63, 3.8) is 0 Å². The summed E-state index contributed by atoms with van der Waals surface area (Å²) < 4.78 is 12.1. The second kappa shape index (κ2) is 4.95. The molecule has 0 bridgehead atoms. The van der Waals surface area contributed by atoms with Crippen molar-refractivity contribution in [2.75, 3.05) is 0 Å². The molecule has 1 aliphatic rings. The van der Waals surface area contributed by atoms with Gasteiger partial charge < -0.3 is 9.31 Å². The van der Waals surface area contributed by atoms with Crippen LogP contribution in [0, 0.1) is 13.8 Å². The quantitative estimate of drug-likeness (QED) is 0.766. The fraction of sp³-hybridized carbons (Fsp3) is 0.625. The van der Waals surface area contributed by atoms with E-state index in [1.165, 1.54) is 16.7 Å². The minimum absolute atomic E-state index is 0.0927. The van der Waals surface area contributed by atoms with Crippen LogP contribution in [0.25, 0.3) is 0 Å². The van der Waals surface area contributed by atoms with Crippen molar-refractivity contribution in [1.82, 2.24) is 0 Å². The summed E-state index contributed by atoms with van der Waals surface area (Å²) in [5, 5.41) is 0. The van der Waals surface area contributed by atoms with E-state index in [2.05, 4.69) is 59.7 Å². The third-order valence-electron chi connectivity index (χ3n) is 4.46. The van der Waals surface area contributed by atoms with E-state index in [4.69, 9.17) is 9.31 Å². The first-order valence-electron chi connectivity index (χ1n) is 7.13. The Balaban J connectivity index is 1.99. The molecular weight excluding hydrogens is 235 g/mol. The van der Waals surface area contributed by atoms with Gasteiger partial charge in [0.2, 0.25) is 0 Å². The molecule has 2 rings (SSSR count). The predicted octanol–water partition coefficient (Wildman–Crippen LogP) is 3.94. The molecule has 0 atom stereocenters. The average Bonchev–Trinajstić information content (AvgIpc) is 2.49. The highest BCUT2D eigenvalue weighted by atomic mass is 16.7. The minimum atomic E-state index is -0.223. The van der Waals surface area contributed by atoms with Crippen LogP contribution in [0.1, 0.15) is 44.4 Å². The molecule has 0 spiro atoms. The molecule has 0 radical (unpaired) electrons. The zero-order valence-corrected chi connectivity index (χ0v) is 13.0. The summed E-state index contributed by atoms with van der Waals surface area (Å²) >= 11 is 0. The summed E-state index contributed by atoms with van der Waals surface area (Å²) in [6, 6.07) is 6.61. The highest BCUT2D eigenvalue weighted by Gasteiger charge is 2.50. The molecule has 1 aromatic rings. The zero-order chi connectivity index (χ0) is 14.3. The summed E-state index contributed by atoms with van der Waals surface area (Å²) in [6.45, 7) is 12.7. The highest BCUT2D eigenvalue weighted by Crippen LogP contribution is 2.38. The molecule has 1 fully saturated rings. The molecule has 0 aliphatic carbocycles. The van der Waals surface area contributed by atoms with Crippen molar-refractivity contribution in [2.24, 2.45) is 0 Å². The maximum absolute atomic E-state index is 6.03. The molecule has 0 aromatic heterocycles. The number of benzene rings is 1. The van der Waals surface area contributed by atoms with E-state index in [-0.39, 0.29) is 18.3 Å².